The number of rotatable bonds is 0. The summed E-state index contributed by atoms with van der Waals surface area (Å²) in [5.74, 6) is 0. The first-order valence-corrected chi connectivity index (χ1v) is 3.71. The van der Waals surface area contributed by atoms with Crippen LogP contribution in [0.1, 0.15) is 13.8 Å². The lowest BCUT2D eigenvalue weighted by molar-refractivity contribution is 0.573. The van der Waals surface area contributed by atoms with E-state index in [-0.39, 0.29) is 0 Å². The minimum atomic E-state index is 0.822. The van der Waals surface area contributed by atoms with Gasteiger partial charge in [0.1, 0.15) is 0 Å². The fourth-order valence-corrected chi connectivity index (χ4v) is 1.10. The van der Waals surface area contributed by atoms with E-state index < -0.39 is 0 Å². The molecule has 1 N–H and O–H groups in total. The average Bonchev–Trinajstić information content (AvgIpc) is 1.93. The number of hydrogen-bond acceptors (Lipinski definition) is 1. The van der Waals surface area contributed by atoms with Crippen molar-refractivity contribution < 1.29 is 0 Å². The monoisotopic (exact) mass is 156 g/mol. The molecule has 0 saturated heterocycles. The number of thiocarbonyl (C=S) groups is 1. The van der Waals surface area contributed by atoms with Crippen molar-refractivity contribution in [3.8, 4) is 0 Å². The number of allylic oxidation sites excluding steroid dienone is 1. The Bertz CT molecular complexity index is 196. The molecule has 1 rings (SSSR count). The Balaban J connectivity index is 2.88. The molecule has 0 spiro atoms. The predicted octanol–water partition coefficient (Wildman–Crippen LogP) is 1.10. The van der Waals surface area contributed by atoms with Crippen molar-refractivity contribution in [2.75, 3.05) is 13.6 Å². The first-order chi connectivity index (χ1) is 4.63. The second-order valence-electron chi connectivity index (χ2n) is 2.58. The summed E-state index contributed by atoms with van der Waals surface area (Å²) in [6.45, 7) is 5.10. The first kappa shape index (κ1) is 7.54. The fourth-order valence-electron chi connectivity index (χ4n) is 0.893. The van der Waals surface area contributed by atoms with Crippen molar-refractivity contribution >= 4 is 17.3 Å². The van der Waals surface area contributed by atoms with Crippen LogP contribution >= 0.6 is 12.2 Å². The fraction of sp³-hybridized carbons (Fsp3) is 0.571. The third-order valence-electron chi connectivity index (χ3n) is 1.93. The molecule has 0 aromatic carbocycles. The first-order valence-electron chi connectivity index (χ1n) is 3.31. The van der Waals surface area contributed by atoms with E-state index in [9.17, 15) is 0 Å². The predicted molar refractivity (Wildman–Crippen MR) is 46.7 cm³/mol. The van der Waals surface area contributed by atoms with Crippen molar-refractivity contribution in [3.63, 3.8) is 0 Å². The quantitative estimate of drug-likeness (QED) is 0.529. The third kappa shape index (κ3) is 1.14. The Hall–Kier alpha value is -0.570. The molecule has 2 nitrogen and oxygen atoms in total. The van der Waals surface area contributed by atoms with Gasteiger partial charge in [-0.3, -0.25) is 0 Å². The molecule has 1 aliphatic rings. The summed E-state index contributed by atoms with van der Waals surface area (Å²) in [5.41, 5.74) is 2.62. The zero-order valence-electron chi connectivity index (χ0n) is 6.56. The number of nitrogens with one attached hydrogen (secondary N) is 1. The van der Waals surface area contributed by atoms with Crippen molar-refractivity contribution in [3.05, 3.63) is 11.3 Å². The van der Waals surface area contributed by atoms with E-state index in [0.29, 0.717) is 0 Å². The zero-order valence-corrected chi connectivity index (χ0v) is 7.38. The molecule has 56 valence electrons. The molecule has 0 atom stereocenters. The molecule has 3 heteroatoms. The van der Waals surface area contributed by atoms with Crippen LogP contribution in [0.3, 0.4) is 0 Å². The van der Waals surface area contributed by atoms with Crippen LogP contribution in [0.5, 0.6) is 0 Å². The van der Waals surface area contributed by atoms with Crippen LogP contribution in [0.25, 0.3) is 0 Å². The van der Waals surface area contributed by atoms with Gasteiger partial charge in [-0.05, 0) is 31.6 Å². The van der Waals surface area contributed by atoms with Crippen molar-refractivity contribution in [1.82, 2.24) is 10.2 Å². The third-order valence-corrected chi connectivity index (χ3v) is 2.35. The number of nitrogens with zero attached hydrogens (tertiary/aromatic N) is 1. The lowest BCUT2D eigenvalue weighted by atomic mass is 10.2. The normalized spacial score (nSPS) is 19.5. The second kappa shape index (κ2) is 2.58. The van der Waals surface area contributed by atoms with Crippen LogP contribution in [0.4, 0.5) is 0 Å². The maximum atomic E-state index is 5.04. The highest BCUT2D eigenvalue weighted by Gasteiger charge is 2.13. The van der Waals surface area contributed by atoms with Crippen molar-refractivity contribution in [2.24, 2.45) is 0 Å². The maximum Gasteiger partial charge on any atom is 0.173 e. The highest BCUT2D eigenvalue weighted by atomic mass is 32.1. The summed E-state index contributed by atoms with van der Waals surface area (Å²) < 4.78 is 0. The van der Waals surface area contributed by atoms with E-state index >= 15 is 0 Å². The molecule has 0 aliphatic carbocycles. The van der Waals surface area contributed by atoms with E-state index in [2.05, 4.69) is 19.2 Å². The van der Waals surface area contributed by atoms with Crippen molar-refractivity contribution in [1.29, 1.82) is 0 Å². The highest BCUT2D eigenvalue weighted by Crippen LogP contribution is 2.11. The molecule has 0 amide bonds. The molecule has 0 unspecified atom stereocenters. The van der Waals surface area contributed by atoms with Crippen molar-refractivity contribution in [2.45, 2.75) is 13.8 Å². The summed E-state index contributed by atoms with van der Waals surface area (Å²) in [6, 6.07) is 0. The van der Waals surface area contributed by atoms with Gasteiger partial charge in [0.25, 0.3) is 0 Å². The van der Waals surface area contributed by atoms with Crippen LogP contribution in [0.2, 0.25) is 0 Å². The molecular weight excluding hydrogens is 144 g/mol. The number of hydrogen-bond donors (Lipinski definition) is 1. The van der Waals surface area contributed by atoms with E-state index in [4.69, 9.17) is 12.2 Å². The van der Waals surface area contributed by atoms with Crippen LogP contribution < -0.4 is 5.32 Å². The molecule has 0 aromatic heterocycles. The van der Waals surface area contributed by atoms with Gasteiger partial charge in [0.15, 0.2) is 5.11 Å². The topological polar surface area (TPSA) is 15.3 Å². The van der Waals surface area contributed by atoms with E-state index in [1.165, 1.54) is 11.3 Å². The molecule has 1 heterocycles. The molecule has 0 radical (unpaired) electrons. The van der Waals surface area contributed by atoms with Crippen LogP contribution in [0.15, 0.2) is 11.3 Å². The SMILES string of the molecule is CC1=C(C)N(C)C(=S)NC1. The molecular formula is C7H12N2S. The molecule has 1 aliphatic heterocycles. The Labute approximate surface area is 66.9 Å². The molecule has 0 aromatic rings. The van der Waals surface area contributed by atoms with Gasteiger partial charge in [0.2, 0.25) is 0 Å². The van der Waals surface area contributed by atoms with Gasteiger partial charge in [-0.25, -0.2) is 0 Å². The minimum Gasteiger partial charge on any atom is -0.358 e. The standard InChI is InChI=1S/C7H12N2S/c1-5-4-8-7(10)9(3)6(5)2/h4H2,1-3H3,(H,8,10). The average molecular weight is 156 g/mol. The summed E-state index contributed by atoms with van der Waals surface area (Å²) in [5, 5.41) is 3.93. The Morgan fingerprint density at radius 2 is 2.10 bits per heavy atom. The maximum absolute atomic E-state index is 5.04. The Morgan fingerprint density at radius 1 is 1.50 bits per heavy atom. The van der Waals surface area contributed by atoms with Gasteiger partial charge in [-0.1, -0.05) is 0 Å². The van der Waals surface area contributed by atoms with Gasteiger partial charge in [0.05, 0.1) is 0 Å². The minimum absolute atomic E-state index is 0.822. The summed E-state index contributed by atoms with van der Waals surface area (Å²) >= 11 is 5.04. The summed E-state index contributed by atoms with van der Waals surface area (Å²) in [6.07, 6.45) is 0. The van der Waals surface area contributed by atoms with Crippen LogP contribution in [-0.4, -0.2) is 23.6 Å². The Morgan fingerprint density at radius 3 is 2.60 bits per heavy atom. The van der Waals surface area contributed by atoms with Gasteiger partial charge < -0.3 is 10.2 Å². The largest absolute Gasteiger partial charge is 0.358 e. The Kier molecular flexibility index (Phi) is 1.94. The zero-order chi connectivity index (χ0) is 7.72. The van der Waals surface area contributed by atoms with E-state index in [1.54, 1.807) is 0 Å². The molecule has 10 heavy (non-hydrogen) atoms. The van der Waals surface area contributed by atoms with Crippen LogP contribution in [-0.2, 0) is 0 Å². The van der Waals surface area contributed by atoms with Gasteiger partial charge >= 0.3 is 0 Å². The van der Waals surface area contributed by atoms with E-state index in [0.717, 1.165) is 11.7 Å². The smallest absolute Gasteiger partial charge is 0.173 e. The lowest BCUT2D eigenvalue weighted by Gasteiger charge is -2.28. The van der Waals surface area contributed by atoms with Gasteiger partial charge in [-0.15, -0.1) is 0 Å². The van der Waals surface area contributed by atoms with E-state index in [1.807, 2.05) is 11.9 Å². The lowest BCUT2D eigenvalue weighted by Crippen LogP contribution is -2.41. The summed E-state index contributed by atoms with van der Waals surface area (Å²) in [4.78, 5) is 1.99. The highest BCUT2D eigenvalue weighted by molar-refractivity contribution is 7.80. The molecule has 0 bridgehead atoms. The summed E-state index contributed by atoms with van der Waals surface area (Å²) in [7, 11) is 1.98. The molecule has 0 saturated carbocycles. The van der Waals surface area contributed by atoms with Gasteiger partial charge in [-0.2, -0.15) is 0 Å². The van der Waals surface area contributed by atoms with Gasteiger partial charge in [0, 0.05) is 19.3 Å². The second-order valence-corrected chi connectivity index (χ2v) is 2.97. The van der Waals surface area contributed by atoms with Crippen LogP contribution in [0, 0.1) is 0 Å². The molecule has 0 fully saturated rings.